The molecule has 4 aromatic carbocycles. The zero-order chi connectivity index (χ0) is 25.0. The van der Waals surface area contributed by atoms with Crippen LogP contribution in [0.4, 0.5) is 4.39 Å². The molecule has 7 rings (SSSR count). The molecule has 0 atom stereocenters. The van der Waals surface area contributed by atoms with Gasteiger partial charge in [-0.25, -0.2) is 14.4 Å². The quantitative estimate of drug-likeness (QED) is 0.174. The van der Waals surface area contributed by atoms with E-state index >= 15 is 0 Å². The molecule has 0 fully saturated rings. The van der Waals surface area contributed by atoms with E-state index in [-0.39, 0.29) is 25.9 Å². The van der Waals surface area contributed by atoms with Crippen molar-refractivity contribution in [3.63, 3.8) is 0 Å². The molecule has 38 heavy (non-hydrogen) atoms. The topological polar surface area (TPSA) is 38.7 Å². The van der Waals surface area contributed by atoms with Crippen molar-refractivity contribution in [2.24, 2.45) is 0 Å². The molecule has 3 nitrogen and oxygen atoms in total. The predicted octanol–water partition coefficient (Wildman–Crippen LogP) is 8.29. The van der Waals surface area contributed by atoms with Crippen LogP contribution in [0.15, 0.2) is 128 Å². The van der Waals surface area contributed by atoms with Crippen LogP contribution >= 0.6 is 0 Å². The molecule has 0 saturated heterocycles. The van der Waals surface area contributed by atoms with Gasteiger partial charge in [0.2, 0.25) is 0 Å². The first kappa shape index (κ1) is 25.3. The molecule has 0 unspecified atom stereocenters. The van der Waals surface area contributed by atoms with Crippen LogP contribution in [-0.2, 0) is 20.1 Å². The van der Waals surface area contributed by atoms with Gasteiger partial charge in [-0.05, 0) is 36.0 Å². The van der Waals surface area contributed by atoms with Gasteiger partial charge in [-0.1, -0.05) is 84.2 Å². The maximum Gasteiger partial charge on any atom is 0.139 e. The summed E-state index contributed by atoms with van der Waals surface area (Å²) in [7, 11) is 0. The monoisotopic (exact) mass is 671 g/mol. The SMILES string of the molecule is Fc1ccc(-c2[c-]ccc3ccccc23)nc1.[Ir].c1ccc2nc(-c3ccc4ccccc4n3)ccc2c1. The molecular weight excluding hydrogens is 650 g/mol. The largest absolute Gasteiger partial charge is 0.302 e. The molecular formula is C33H21FIrN3-. The number of nitrogens with zero attached hydrogens (tertiary/aromatic N) is 3. The maximum absolute atomic E-state index is 12.8. The Morgan fingerprint density at radius 2 is 1.08 bits per heavy atom. The molecule has 185 valence electrons. The van der Waals surface area contributed by atoms with Gasteiger partial charge >= 0.3 is 0 Å². The number of fused-ring (bicyclic) bond motifs is 3. The van der Waals surface area contributed by atoms with E-state index in [2.05, 4.69) is 45.3 Å². The van der Waals surface area contributed by atoms with E-state index < -0.39 is 0 Å². The molecule has 0 aliphatic rings. The van der Waals surface area contributed by atoms with E-state index in [1.165, 1.54) is 12.3 Å². The third kappa shape index (κ3) is 5.35. The van der Waals surface area contributed by atoms with E-state index in [0.717, 1.165) is 55.2 Å². The van der Waals surface area contributed by atoms with Gasteiger partial charge in [-0.15, -0.1) is 29.1 Å². The van der Waals surface area contributed by atoms with Crippen molar-refractivity contribution in [1.29, 1.82) is 0 Å². The molecule has 3 heterocycles. The zero-order valence-corrected chi connectivity index (χ0v) is 22.6. The summed E-state index contributed by atoms with van der Waals surface area (Å²) in [5, 5.41) is 4.51. The van der Waals surface area contributed by atoms with Crippen molar-refractivity contribution in [3.05, 3.63) is 139 Å². The number of aromatic nitrogens is 3. The Morgan fingerprint density at radius 3 is 1.68 bits per heavy atom. The molecule has 0 aliphatic carbocycles. The van der Waals surface area contributed by atoms with Crippen molar-refractivity contribution in [2.45, 2.75) is 0 Å². The van der Waals surface area contributed by atoms with E-state index in [1.807, 2.05) is 84.9 Å². The summed E-state index contributed by atoms with van der Waals surface area (Å²) in [6.45, 7) is 0. The number of halogens is 1. The van der Waals surface area contributed by atoms with Crippen molar-refractivity contribution in [1.82, 2.24) is 15.0 Å². The Bertz CT molecular complexity index is 1770. The van der Waals surface area contributed by atoms with Crippen LogP contribution < -0.4 is 0 Å². The van der Waals surface area contributed by atoms with E-state index in [0.29, 0.717) is 0 Å². The van der Waals surface area contributed by atoms with Gasteiger partial charge in [-0.3, -0.25) is 0 Å². The Hall–Kier alpha value is -4.31. The smallest absolute Gasteiger partial charge is 0.139 e. The van der Waals surface area contributed by atoms with Crippen LogP contribution in [0.2, 0.25) is 0 Å². The van der Waals surface area contributed by atoms with Crippen LogP contribution in [0, 0.1) is 11.9 Å². The molecule has 1 radical (unpaired) electrons. The number of para-hydroxylation sites is 2. The first-order valence-electron chi connectivity index (χ1n) is 12.0. The molecule has 0 spiro atoms. The summed E-state index contributed by atoms with van der Waals surface area (Å²) < 4.78 is 12.8. The van der Waals surface area contributed by atoms with Gasteiger partial charge in [0.15, 0.2) is 0 Å². The number of rotatable bonds is 2. The fourth-order valence-electron chi connectivity index (χ4n) is 4.32. The van der Waals surface area contributed by atoms with Crippen LogP contribution in [0.3, 0.4) is 0 Å². The average Bonchev–Trinajstić information content (AvgIpc) is 2.97. The molecule has 0 bridgehead atoms. The number of hydrogen-bond donors (Lipinski definition) is 0. The number of pyridine rings is 3. The minimum absolute atomic E-state index is 0. The minimum atomic E-state index is -0.325. The molecule has 7 aromatic rings. The van der Waals surface area contributed by atoms with Gasteiger partial charge in [0.1, 0.15) is 5.82 Å². The summed E-state index contributed by atoms with van der Waals surface area (Å²) in [5.41, 5.74) is 5.47. The predicted molar refractivity (Wildman–Crippen MR) is 148 cm³/mol. The summed E-state index contributed by atoms with van der Waals surface area (Å²) in [5.74, 6) is -0.325. The fourth-order valence-corrected chi connectivity index (χ4v) is 4.32. The van der Waals surface area contributed by atoms with Crippen molar-refractivity contribution < 1.29 is 24.5 Å². The molecule has 0 amide bonds. The third-order valence-corrected chi connectivity index (χ3v) is 6.16. The maximum atomic E-state index is 12.8. The van der Waals surface area contributed by atoms with Crippen molar-refractivity contribution >= 4 is 32.6 Å². The standard InChI is InChI=1S/C18H12N2.C15H9FN.Ir/c1-3-7-15-13(5-1)9-11-17(19-15)18-12-10-14-6-2-4-8-16(14)20-18;16-12-8-9-15(17-10-12)14-7-3-5-11-4-1-2-6-13(11)14;/h1-12H;1-6,8-10H;/q;-1;. The van der Waals surface area contributed by atoms with Crippen molar-refractivity contribution in [3.8, 4) is 22.6 Å². The van der Waals surface area contributed by atoms with Crippen LogP contribution in [0.5, 0.6) is 0 Å². The van der Waals surface area contributed by atoms with E-state index in [1.54, 1.807) is 6.07 Å². The fraction of sp³-hybridized carbons (Fsp3) is 0. The van der Waals surface area contributed by atoms with Gasteiger partial charge in [0, 0.05) is 30.9 Å². The number of benzene rings is 4. The number of hydrogen-bond acceptors (Lipinski definition) is 3. The Kier molecular flexibility index (Phi) is 7.60. The van der Waals surface area contributed by atoms with Gasteiger partial charge < -0.3 is 4.98 Å². The second-order valence-corrected chi connectivity index (χ2v) is 8.58. The first-order chi connectivity index (χ1) is 18.2. The van der Waals surface area contributed by atoms with E-state index in [4.69, 9.17) is 0 Å². The summed E-state index contributed by atoms with van der Waals surface area (Å²) in [6.07, 6.45) is 1.23. The van der Waals surface area contributed by atoms with Crippen LogP contribution in [0.25, 0.3) is 55.2 Å². The van der Waals surface area contributed by atoms with Crippen LogP contribution in [-0.4, -0.2) is 15.0 Å². The summed E-state index contributed by atoms with van der Waals surface area (Å²) in [4.78, 5) is 13.5. The molecule has 5 heteroatoms. The molecule has 0 saturated carbocycles. The Labute approximate surface area is 233 Å². The summed E-state index contributed by atoms with van der Waals surface area (Å²) in [6, 6.07) is 42.6. The second kappa shape index (κ2) is 11.4. The van der Waals surface area contributed by atoms with E-state index in [9.17, 15) is 4.39 Å². The van der Waals surface area contributed by atoms with Gasteiger partial charge in [-0.2, -0.15) is 0 Å². The summed E-state index contributed by atoms with van der Waals surface area (Å²) >= 11 is 0. The molecule has 0 N–H and O–H groups in total. The average molecular weight is 671 g/mol. The van der Waals surface area contributed by atoms with Crippen LogP contribution in [0.1, 0.15) is 0 Å². The second-order valence-electron chi connectivity index (χ2n) is 8.58. The van der Waals surface area contributed by atoms with Crippen molar-refractivity contribution in [2.75, 3.05) is 0 Å². The minimum Gasteiger partial charge on any atom is -0.302 e. The normalized spacial score (nSPS) is 10.6. The van der Waals surface area contributed by atoms with Gasteiger partial charge in [0.25, 0.3) is 0 Å². The molecule has 0 aliphatic heterocycles. The molecule has 3 aromatic heterocycles. The Balaban J connectivity index is 0.000000153. The third-order valence-electron chi connectivity index (χ3n) is 6.16. The van der Waals surface area contributed by atoms with Gasteiger partial charge in [0.05, 0.1) is 28.6 Å². The first-order valence-corrected chi connectivity index (χ1v) is 12.0. The zero-order valence-electron chi connectivity index (χ0n) is 20.2. The Morgan fingerprint density at radius 1 is 0.526 bits per heavy atom.